The number of rotatable bonds is 7. The molecule has 0 aliphatic carbocycles. The summed E-state index contributed by atoms with van der Waals surface area (Å²) in [6.07, 6.45) is 4.66. The Morgan fingerprint density at radius 1 is 1.24 bits per heavy atom. The number of likely N-dealkylation sites (tertiary alicyclic amines) is 1. The summed E-state index contributed by atoms with van der Waals surface area (Å²) in [4.78, 5) is 7.18. The number of furan rings is 1. The first-order chi connectivity index (χ1) is 14.3. The number of hydrogen-bond acceptors (Lipinski definition) is 4. The van der Waals surface area contributed by atoms with Crippen LogP contribution in [0.5, 0.6) is 5.75 Å². The van der Waals surface area contributed by atoms with Gasteiger partial charge in [0, 0.05) is 45.0 Å². The van der Waals surface area contributed by atoms with Gasteiger partial charge in [0.25, 0.3) is 0 Å². The first-order valence-electron chi connectivity index (χ1n) is 10.3. The predicted molar refractivity (Wildman–Crippen MR) is 114 cm³/mol. The van der Waals surface area contributed by atoms with E-state index in [1.54, 1.807) is 6.26 Å². The van der Waals surface area contributed by atoms with Crippen LogP contribution in [0.15, 0.2) is 52.1 Å². The minimum atomic E-state index is 0.0989. The fourth-order valence-electron chi connectivity index (χ4n) is 3.70. The zero-order valence-corrected chi connectivity index (χ0v) is 17.3. The van der Waals surface area contributed by atoms with Crippen LogP contribution in [0.2, 0.25) is 5.02 Å². The molecule has 29 heavy (non-hydrogen) atoms. The molecule has 2 fully saturated rings. The first-order valence-corrected chi connectivity index (χ1v) is 10.7. The maximum atomic E-state index is 6.25. The summed E-state index contributed by atoms with van der Waals surface area (Å²) in [5.74, 6) is 3.17. The molecule has 1 aromatic carbocycles. The topological polar surface area (TPSA) is 59.2 Å². The van der Waals surface area contributed by atoms with E-state index < -0.39 is 0 Å². The first kappa shape index (κ1) is 20.1. The molecule has 2 aliphatic heterocycles. The molecule has 3 heterocycles. The van der Waals surface area contributed by atoms with E-state index in [0.29, 0.717) is 10.9 Å². The highest BCUT2D eigenvalue weighted by molar-refractivity contribution is 6.32. The third-order valence-corrected chi connectivity index (χ3v) is 5.64. The van der Waals surface area contributed by atoms with Gasteiger partial charge in [-0.25, -0.2) is 0 Å². The molecule has 2 aliphatic rings. The molecule has 0 saturated carbocycles. The van der Waals surface area contributed by atoms with Crippen molar-refractivity contribution in [2.24, 2.45) is 10.9 Å². The molecule has 7 heteroatoms. The number of ether oxygens (including phenoxy) is 2. The maximum Gasteiger partial charge on any atom is 0.194 e. The van der Waals surface area contributed by atoms with Crippen molar-refractivity contribution >= 4 is 17.6 Å². The molecule has 4 rings (SSSR count). The summed E-state index contributed by atoms with van der Waals surface area (Å²) in [5, 5.41) is 4.16. The Morgan fingerprint density at radius 3 is 2.97 bits per heavy atom. The summed E-state index contributed by atoms with van der Waals surface area (Å²) in [6, 6.07) is 11.6. The van der Waals surface area contributed by atoms with E-state index in [1.165, 1.54) is 0 Å². The monoisotopic (exact) mass is 417 g/mol. The lowest BCUT2D eigenvalue weighted by molar-refractivity contribution is 0.187. The van der Waals surface area contributed by atoms with Gasteiger partial charge in [-0.2, -0.15) is 0 Å². The van der Waals surface area contributed by atoms with Crippen molar-refractivity contribution in [3.05, 3.63) is 53.4 Å². The summed E-state index contributed by atoms with van der Waals surface area (Å²) >= 11 is 6.25. The minimum absolute atomic E-state index is 0.0989. The largest absolute Gasteiger partial charge is 0.487 e. The van der Waals surface area contributed by atoms with Crippen molar-refractivity contribution in [2.45, 2.75) is 25.4 Å². The molecule has 2 atom stereocenters. The van der Waals surface area contributed by atoms with E-state index >= 15 is 0 Å². The Morgan fingerprint density at radius 2 is 2.17 bits per heavy atom. The Kier molecular flexibility index (Phi) is 6.96. The van der Waals surface area contributed by atoms with E-state index in [2.05, 4.69) is 10.2 Å². The van der Waals surface area contributed by atoms with Crippen molar-refractivity contribution in [1.29, 1.82) is 0 Å². The normalized spacial score (nSPS) is 22.2. The second-order valence-electron chi connectivity index (χ2n) is 7.56. The highest BCUT2D eigenvalue weighted by Crippen LogP contribution is 2.26. The number of aliphatic imine (C=N–C) groups is 1. The number of benzene rings is 1. The highest BCUT2D eigenvalue weighted by Gasteiger charge is 2.27. The molecular weight excluding hydrogens is 390 g/mol. The molecule has 1 aromatic heterocycles. The van der Waals surface area contributed by atoms with Crippen LogP contribution in [0, 0.1) is 5.92 Å². The van der Waals surface area contributed by atoms with E-state index in [4.69, 9.17) is 30.5 Å². The Hall–Kier alpha value is -2.18. The van der Waals surface area contributed by atoms with Crippen LogP contribution in [0.25, 0.3) is 0 Å². The van der Waals surface area contributed by atoms with E-state index in [-0.39, 0.29) is 6.10 Å². The van der Waals surface area contributed by atoms with Crippen molar-refractivity contribution in [3.8, 4) is 5.75 Å². The molecule has 0 bridgehead atoms. The van der Waals surface area contributed by atoms with Crippen LogP contribution >= 0.6 is 11.6 Å². The number of nitrogens with zero attached hydrogens (tertiary/aromatic N) is 2. The van der Waals surface area contributed by atoms with Crippen LogP contribution in [-0.4, -0.2) is 56.4 Å². The van der Waals surface area contributed by atoms with E-state index in [0.717, 1.165) is 76.1 Å². The molecule has 2 saturated heterocycles. The van der Waals surface area contributed by atoms with Gasteiger partial charge in [-0.05, 0) is 30.7 Å². The lowest BCUT2D eigenvalue weighted by atomic mass is 10.1. The molecule has 156 valence electrons. The van der Waals surface area contributed by atoms with Crippen molar-refractivity contribution < 1.29 is 13.9 Å². The molecule has 6 nitrogen and oxygen atoms in total. The summed E-state index contributed by atoms with van der Waals surface area (Å²) in [7, 11) is 0. The lowest BCUT2D eigenvalue weighted by Crippen LogP contribution is -2.42. The highest BCUT2D eigenvalue weighted by atomic mass is 35.5. The quantitative estimate of drug-likeness (QED) is 0.551. The van der Waals surface area contributed by atoms with E-state index in [9.17, 15) is 0 Å². The number of guanidine groups is 1. The minimum Gasteiger partial charge on any atom is -0.487 e. The van der Waals surface area contributed by atoms with Gasteiger partial charge in [0.15, 0.2) is 5.96 Å². The summed E-state index contributed by atoms with van der Waals surface area (Å²) in [6.45, 7) is 4.91. The van der Waals surface area contributed by atoms with Crippen LogP contribution in [0.1, 0.15) is 18.6 Å². The van der Waals surface area contributed by atoms with Gasteiger partial charge in [-0.1, -0.05) is 23.7 Å². The Bertz CT molecular complexity index is 790. The Balaban J connectivity index is 1.35. The van der Waals surface area contributed by atoms with Crippen LogP contribution in [-0.2, 0) is 11.2 Å². The molecule has 2 aromatic rings. The number of nitrogens with one attached hydrogen (secondary N) is 1. The van der Waals surface area contributed by atoms with Gasteiger partial charge >= 0.3 is 0 Å². The Labute approximate surface area is 176 Å². The lowest BCUT2D eigenvalue weighted by Gasteiger charge is -2.23. The van der Waals surface area contributed by atoms with Gasteiger partial charge in [0.2, 0.25) is 0 Å². The van der Waals surface area contributed by atoms with Gasteiger partial charge in [-0.3, -0.25) is 4.99 Å². The molecule has 0 spiro atoms. The average molecular weight is 418 g/mol. The SMILES string of the molecule is Clc1ccccc1OC1CCN(C(=NCC2CCOC2)NCCc2ccco2)C1. The van der Waals surface area contributed by atoms with Gasteiger partial charge < -0.3 is 24.1 Å². The van der Waals surface area contributed by atoms with Gasteiger partial charge in [0.1, 0.15) is 17.6 Å². The van der Waals surface area contributed by atoms with Crippen molar-refractivity contribution in [3.63, 3.8) is 0 Å². The van der Waals surface area contributed by atoms with Crippen LogP contribution < -0.4 is 10.1 Å². The van der Waals surface area contributed by atoms with Crippen molar-refractivity contribution in [2.75, 3.05) is 39.4 Å². The second-order valence-corrected chi connectivity index (χ2v) is 7.96. The van der Waals surface area contributed by atoms with E-state index in [1.807, 2.05) is 36.4 Å². The van der Waals surface area contributed by atoms with Gasteiger partial charge in [0.05, 0.1) is 24.4 Å². The maximum absolute atomic E-state index is 6.25. The smallest absolute Gasteiger partial charge is 0.194 e. The molecule has 2 unspecified atom stereocenters. The molecule has 0 amide bonds. The summed E-state index contributed by atoms with van der Waals surface area (Å²) < 4.78 is 17.1. The fourth-order valence-corrected chi connectivity index (χ4v) is 3.88. The average Bonchev–Trinajstić information content (AvgIpc) is 3.49. The third-order valence-electron chi connectivity index (χ3n) is 5.33. The van der Waals surface area contributed by atoms with Crippen LogP contribution in [0.4, 0.5) is 0 Å². The summed E-state index contributed by atoms with van der Waals surface area (Å²) in [5.41, 5.74) is 0. The molecular formula is C22H28ClN3O3. The second kappa shape index (κ2) is 10.0. The number of halogens is 1. The molecule has 0 radical (unpaired) electrons. The zero-order chi connectivity index (χ0) is 19.9. The fraction of sp³-hybridized carbons (Fsp3) is 0.500. The number of hydrogen-bond donors (Lipinski definition) is 1. The standard InChI is InChI=1S/C22H28ClN3O3/c23-20-5-1-2-6-21(20)29-19-8-11-26(15-19)22(25-14-17-9-13-27-16-17)24-10-7-18-4-3-12-28-18/h1-6,12,17,19H,7-11,13-16H2,(H,24,25). The predicted octanol–water partition coefficient (Wildman–Crippen LogP) is 3.61. The third kappa shape index (κ3) is 5.67. The van der Waals surface area contributed by atoms with Gasteiger partial charge in [-0.15, -0.1) is 0 Å². The van der Waals surface area contributed by atoms with Crippen LogP contribution in [0.3, 0.4) is 0 Å². The van der Waals surface area contributed by atoms with Crippen molar-refractivity contribution in [1.82, 2.24) is 10.2 Å². The number of para-hydroxylation sites is 1. The molecule has 1 N–H and O–H groups in total. The zero-order valence-electron chi connectivity index (χ0n) is 16.6.